The van der Waals surface area contributed by atoms with Gasteiger partial charge in [-0.05, 0) is 19.1 Å². The van der Waals surface area contributed by atoms with E-state index in [1.165, 1.54) is 13.0 Å². The average Bonchev–Trinajstić information content (AvgIpc) is 2.34. The molecular weight excluding hydrogens is 243 g/mol. The monoisotopic (exact) mass is 256 g/mol. The van der Waals surface area contributed by atoms with Crippen molar-refractivity contribution < 1.29 is 28.6 Å². The van der Waals surface area contributed by atoms with Crippen molar-refractivity contribution in [1.82, 2.24) is 0 Å². The summed E-state index contributed by atoms with van der Waals surface area (Å²) >= 11 is 0. The number of ether oxygens (including phenoxy) is 2. The number of rotatable bonds is 5. The van der Waals surface area contributed by atoms with Gasteiger partial charge in [0.2, 0.25) is 0 Å². The second-order valence-electron chi connectivity index (χ2n) is 3.89. The molecule has 0 heterocycles. The molecule has 1 aromatic rings. The second-order valence-corrected chi connectivity index (χ2v) is 3.89. The highest BCUT2D eigenvalue weighted by atomic mass is 19.1. The van der Waals surface area contributed by atoms with Crippen molar-refractivity contribution in [2.75, 3.05) is 13.7 Å². The van der Waals surface area contributed by atoms with Gasteiger partial charge < -0.3 is 14.6 Å². The molecule has 18 heavy (non-hydrogen) atoms. The Hall–Kier alpha value is -1.95. The van der Waals surface area contributed by atoms with Gasteiger partial charge in [0.25, 0.3) is 0 Å². The lowest BCUT2D eigenvalue weighted by Gasteiger charge is -2.20. The number of esters is 1. The third-order valence-corrected chi connectivity index (χ3v) is 2.17. The number of carbonyl (C=O) groups is 2. The number of aliphatic hydroxyl groups is 1. The number of hydrogen-bond acceptors (Lipinski definition) is 5. The molecule has 0 amide bonds. The van der Waals surface area contributed by atoms with Crippen molar-refractivity contribution in [2.24, 2.45) is 0 Å². The lowest BCUT2D eigenvalue weighted by Crippen LogP contribution is -2.42. The summed E-state index contributed by atoms with van der Waals surface area (Å²) in [5.74, 6) is -1.47. The Labute approximate surface area is 103 Å². The predicted molar refractivity (Wildman–Crippen MR) is 59.9 cm³/mol. The molecule has 6 heteroatoms. The maximum Gasteiger partial charge on any atom is 0.341 e. The van der Waals surface area contributed by atoms with Crippen LogP contribution in [0.15, 0.2) is 18.2 Å². The summed E-state index contributed by atoms with van der Waals surface area (Å²) in [6.07, 6.45) is 0.467. The maximum absolute atomic E-state index is 13.1. The van der Waals surface area contributed by atoms with E-state index in [2.05, 4.69) is 4.74 Å². The molecule has 1 atom stereocenters. The van der Waals surface area contributed by atoms with Gasteiger partial charge >= 0.3 is 5.97 Å². The molecule has 0 bridgehead atoms. The Bertz CT molecular complexity index is 456. The first-order valence-corrected chi connectivity index (χ1v) is 5.08. The van der Waals surface area contributed by atoms with Crippen molar-refractivity contribution in [2.45, 2.75) is 12.5 Å². The van der Waals surface area contributed by atoms with E-state index in [4.69, 9.17) is 4.74 Å². The summed E-state index contributed by atoms with van der Waals surface area (Å²) in [7, 11) is 1.13. The summed E-state index contributed by atoms with van der Waals surface area (Å²) in [6.45, 7) is 0.792. The maximum atomic E-state index is 13.1. The van der Waals surface area contributed by atoms with Crippen molar-refractivity contribution in [1.29, 1.82) is 0 Å². The molecule has 0 fully saturated rings. The number of hydrogen-bond donors (Lipinski definition) is 1. The highest BCUT2D eigenvalue weighted by Crippen LogP contribution is 2.17. The van der Waals surface area contributed by atoms with Crippen LogP contribution in [0.4, 0.5) is 4.39 Å². The van der Waals surface area contributed by atoms with E-state index in [0.717, 1.165) is 19.2 Å². The molecule has 0 radical (unpaired) electrons. The molecule has 0 aliphatic rings. The molecule has 0 aliphatic heterocycles. The molecule has 0 aromatic heterocycles. The zero-order valence-electron chi connectivity index (χ0n) is 9.97. The van der Waals surface area contributed by atoms with E-state index in [0.29, 0.717) is 6.29 Å². The molecule has 1 aromatic carbocycles. The first-order chi connectivity index (χ1) is 8.39. The fraction of sp³-hybridized carbons (Fsp3) is 0.333. The second kappa shape index (κ2) is 5.59. The van der Waals surface area contributed by atoms with Crippen LogP contribution < -0.4 is 4.74 Å². The van der Waals surface area contributed by atoms with Gasteiger partial charge in [-0.2, -0.15) is 0 Å². The van der Waals surface area contributed by atoms with Gasteiger partial charge in [0.15, 0.2) is 5.60 Å². The van der Waals surface area contributed by atoms with Gasteiger partial charge in [-0.15, -0.1) is 0 Å². The molecule has 0 saturated heterocycles. The minimum Gasteiger partial charge on any atom is -0.490 e. The van der Waals surface area contributed by atoms with Crippen molar-refractivity contribution in [3.8, 4) is 5.75 Å². The van der Waals surface area contributed by atoms with Crippen LogP contribution >= 0.6 is 0 Å². The molecule has 0 aliphatic carbocycles. The minimum absolute atomic E-state index is 0.0429. The van der Waals surface area contributed by atoms with Crippen molar-refractivity contribution >= 4 is 12.3 Å². The van der Waals surface area contributed by atoms with Gasteiger partial charge in [0, 0.05) is 11.6 Å². The number of halogens is 1. The molecule has 98 valence electrons. The van der Waals surface area contributed by atoms with Gasteiger partial charge in [-0.25, -0.2) is 9.18 Å². The van der Waals surface area contributed by atoms with Gasteiger partial charge in [-0.3, -0.25) is 4.79 Å². The van der Waals surface area contributed by atoms with Gasteiger partial charge in [0.05, 0.1) is 7.11 Å². The highest BCUT2D eigenvalue weighted by Gasteiger charge is 2.32. The van der Waals surface area contributed by atoms with E-state index in [1.807, 2.05) is 0 Å². The number of carbonyl (C=O) groups excluding carboxylic acids is 2. The fourth-order valence-electron chi connectivity index (χ4n) is 1.24. The van der Waals surface area contributed by atoms with Crippen LogP contribution in [-0.4, -0.2) is 36.7 Å². The molecule has 1 unspecified atom stereocenters. The first kappa shape index (κ1) is 14.1. The predicted octanol–water partition coefficient (Wildman–Crippen LogP) is 0.941. The van der Waals surface area contributed by atoms with Crippen LogP contribution in [0.2, 0.25) is 0 Å². The van der Waals surface area contributed by atoms with E-state index >= 15 is 0 Å². The normalized spacial score (nSPS) is 13.6. The molecule has 0 spiro atoms. The molecule has 5 nitrogen and oxygen atoms in total. The van der Waals surface area contributed by atoms with Crippen molar-refractivity contribution in [3.05, 3.63) is 29.6 Å². The number of methoxy groups -OCH3 is 1. The minimum atomic E-state index is -1.84. The summed E-state index contributed by atoms with van der Waals surface area (Å²) in [5, 5.41) is 9.68. The van der Waals surface area contributed by atoms with Crippen LogP contribution in [-0.2, 0) is 9.53 Å². The Morgan fingerprint density at radius 2 is 2.17 bits per heavy atom. The van der Waals surface area contributed by atoms with Crippen molar-refractivity contribution in [3.63, 3.8) is 0 Å². The average molecular weight is 256 g/mol. The Kier molecular flexibility index (Phi) is 4.38. The van der Waals surface area contributed by atoms with Crippen LogP contribution in [0.3, 0.4) is 0 Å². The fourth-order valence-corrected chi connectivity index (χ4v) is 1.24. The molecule has 1 rings (SSSR count). The lowest BCUT2D eigenvalue weighted by molar-refractivity contribution is -0.163. The van der Waals surface area contributed by atoms with Crippen LogP contribution in [0, 0.1) is 5.82 Å². The SMILES string of the molecule is COC(=O)C(C)(O)COc1cc(F)cc(C=O)c1. The smallest absolute Gasteiger partial charge is 0.341 e. The summed E-state index contributed by atoms with van der Waals surface area (Å²) in [4.78, 5) is 21.7. The highest BCUT2D eigenvalue weighted by molar-refractivity contribution is 5.78. The summed E-state index contributed by atoms with van der Waals surface area (Å²) < 4.78 is 22.5. The van der Waals surface area contributed by atoms with E-state index in [-0.39, 0.29) is 11.3 Å². The van der Waals surface area contributed by atoms with Crippen LogP contribution in [0.1, 0.15) is 17.3 Å². The van der Waals surface area contributed by atoms with Gasteiger partial charge in [-0.1, -0.05) is 0 Å². The zero-order valence-corrected chi connectivity index (χ0v) is 9.97. The third-order valence-electron chi connectivity index (χ3n) is 2.17. The Morgan fingerprint density at radius 1 is 1.50 bits per heavy atom. The van der Waals surface area contributed by atoms with E-state index in [9.17, 15) is 19.1 Å². The standard InChI is InChI=1S/C12H13FO5/c1-12(16,11(15)17-2)7-18-10-4-8(6-14)3-9(13)5-10/h3-6,16H,7H2,1-2H3. The van der Waals surface area contributed by atoms with E-state index in [1.54, 1.807) is 0 Å². The molecular formula is C12H13FO5. The summed E-state index contributed by atoms with van der Waals surface area (Å²) in [5.41, 5.74) is -1.75. The number of aldehydes is 1. The van der Waals surface area contributed by atoms with E-state index < -0.39 is 24.0 Å². The first-order valence-electron chi connectivity index (χ1n) is 5.08. The number of benzene rings is 1. The Balaban J connectivity index is 2.77. The third kappa shape index (κ3) is 3.53. The lowest BCUT2D eigenvalue weighted by atomic mass is 10.1. The largest absolute Gasteiger partial charge is 0.490 e. The zero-order chi connectivity index (χ0) is 13.8. The summed E-state index contributed by atoms with van der Waals surface area (Å²) in [6, 6.07) is 3.38. The quantitative estimate of drug-likeness (QED) is 0.627. The molecule has 1 N–H and O–H groups in total. The molecule has 0 saturated carbocycles. The van der Waals surface area contributed by atoms with Gasteiger partial charge in [0.1, 0.15) is 24.5 Å². The Morgan fingerprint density at radius 3 is 2.72 bits per heavy atom. The topological polar surface area (TPSA) is 72.8 Å². The van der Waals surface area contributed by atoms with Crippen LogP contribution in [0.25, 0.3) is 0 Å². The van der Waals surface area contributed by atoms with Crippen LogP contribution in [0.5, 0.6) is 5.75 Å².